The Hall–Kier alpha value is -0.540. The second-order valence-electron chi connectivity index (χ2n) is 5.90. The van der Waals surface area contributed by atoms with Gasteiger partial charge in [-0.2, -0.15) is 13.2 Å². The zero-order chi connectivity index (χ0) is 14.7. The number of carbonyl (C=O) groups is 1. The van der Waals surface area contributed by atoms with Crippen LogP contribution in [0.25, 0.3) is 0 Å². The van der Waals surface area contributed by atoms with Crippen LogP contribution in [0, 0.1) is 23.2 Å². The first-order valence-electron chi connectivity index (χ1n) is 6.61. The van der Waals surface area contributed by atoms with E-state index >= 15 is 0 Å². The molecule has 0 aromatic heterocycles. The first-order valence-corrected chi connectivity index (χ1v) is 6.61. The highest BCUT2D eigenvalue weighted by Crippen LogP contribution is 2.50. The highest BCUT2D eigenvalue weighted by molar-refractivity contribution is 5.87. The number of halogens is 3. The van der Waals surface area contributed by atoms with Crippen LogP contribution in [0.3, 0.4) is 0 Å². The normalized spacial score (nSPS) is 17.9. The van der Waals surface area contributed by atoms with Crippen molar-refractivity contribution in [2.24, 2.45) is 23.2 Å². The first kappa shape index (κ1) is 17.5. The highest BCUT2D eigenvalue weighted by atomic mass is 19.4. The lowest BCUT2D eigenvalue weighted by Gasteiger charge is -2.40. The van der Waals surface area contributed by atoms with E-state index in [1.54, 1.807) is 27.7 Å². The van der Waals surface area contributed by atoms with Crippen molar-refractivity contribution in [3.05, 3.63) is 0 Å². The lowest BCUT2D eigenvalue weighted by Crippen LogP contribution is -2.51. The summed E-state index contributed by atoms with van der Waals surface area (Å²) in [5, 5.41) is 0. The maximum absolute atomic E-state index is 13.5. The van der Waals surface area contributed by atoms with Gasteiger partial charge in [-0.05, 0) is 24.7 Å². The number of Topliss-reactive ketones (excluding diaryl/α,β-unsaturated/α-hetero) is 1. The van der Waals surface area contributed by atoms with Crippen LogP contribution in [-0.2, 0) is 4.79 Å². The molecule has 0 aliphatic heterocycles. The fourth-order valence-corrected chi connectivity index (χ4v) is 2.47. The van der Waals surface area contributed by atoms with Crippen LogP contribution in [0.4, 0.5) is 13.2 Å². The average Bonchev–Trinajstić information content (AvgIpc) is 2.21. The van der Waals surface area contributed by atoms with Crippen molar-refractivity contribution in [1.82, 2.24) is 0 Å². The van der Waals surface area contributed by atoms with Crippen molar-refractivity contribution >= 4 is 5.78 Å². The molecule has 0 aromatic carbocycles. The van der Waals surface area contributed by atoms with Crippen LogP contribution in [0.1, 0.15) is 54.4 Å². The molecule has 0 rings (SSSR count). The lowest BCUT2D eigenvalue weighted by molar-refractivity contribution is -0.239. The number of ketones is 1. The van der Waals surface area contributed by atoms with Gasteiger partial charge in [0.15, 0.2) is 5.78 Å². The monoisotopic (exact) mass is 266 g/mol. The van der Waals surface area contributed by atoms with Gasteiger partial charge in [0.25, 0.3) is 0 Å². The second-order valence-corrected chi connectivity index (χ2v) is 5.90. The summed E-state index contributed by atoms with van der Waals surface area (Å²) in [6.45, 7) is 9.79. The predicted molar refractivity (Wildman–Crippen MR) is 67.2 cm³/mol. The standard InChI is InChI=1S/C14H25F3O/c1-7-11(6)12(18)13(10(4)5,8-9(2)3)14(15,16)17/h9-11H,7-8H2,1-6H3. The molecule has 0 fully saturated rings. The Bertz CT molecular complexity index is 281. The summed E-state index contributed by atoms with van der Waals surface area (Å²) >= 11 is 0. The molecule has 2 atom stereocenters. The Morgan fingerprint density at radius 3 is 1.72 bits per heavy atom. The van der Waals surface area contributed by atoms with Crippen molar-refractivity contribution in [3.63, 3.8) is 0 Å². The quantitative estimate of drug-likeness (QED) is 0.671. The zero-order valence-electron chi connectivity index (χ0n) is 12.2. The molecule has 0 N–H and O–H groups in total. The zero-order valence-corrected chi connectivity index (χ0v) is 12.2. The van der Waals surface area contributed by atoms with Gasteiger partial charge in [0, 0.05) is 5.92 Å². The maximum Gasteiger partial charge on any atom is 0.401 e. The van der Waals surface area contributed by atoms with Crippen LogP contribution in [0.5, 0.6) is 0 Å². The molecule has 18 heavy (non-hydrogen) atoms. The summed E-state index contributed by atoms with van der Waals surface area (Å²) in [6, 6.07) is 0. The van der Waals surface area contributed by atoms with Crippen molar-refractivity contribution in [1.29, 1.82) is 0 Å². The Morgan fingerprint density at radius 2 is 1.50 bits per heavy atom. The Labute approximate surface area is 108 Å². The molecule has 1 nitrogen and oxygen atoms in total. The molecule has 0 aliphatic carbocycles. The Balaban J connectivity index is 5.70. The molecule has 0 spiro atoms. The Kier molecular flexibility index (Phi) is 5.89. The van der Waals surface area contributed by atoms with E-state index in [9.17, 15) is 18.0 Å². The highest BCUT2D eigenvalue weighted by Gasteiger charge is 2.61. The molecule has 0 bridgehead atoms. The molecule has 0 radical (unpaired) electrons. The van der Waals surface area contributed by atoms with Crippen LogP contribution < -0.4 is 0 Å². The van der Waals surface area contributed by atoms with E-state index < -0.39 is 29.2 Å². The van der Waals surface area contributed by atoms with Crippen LogP contribution >= 0.6 is 0 Å². The molecule has 0 saturated carbocycles. The minimum absolute atomic E-state index is 0.128. The molecular formula is C14H25F3O. The summed E-state index contributed by atoms with van der Waals surface area (Å²) < 4.78 is 40.5. The smallest absolute Gasteiger partial charge is 0.298 e. The van der Waals surface area contributed by atoms with Gasteiger partial charge in [-0.25, -0.2) is 0 Å². The van der Waals surface area contributed by atoms with Gasteiger partial charge in [-0.1, -0.05) is 41.5 Å². The van der Waals surface area contributed by atoms with Gasteiger partial charge in [0.2, 0.25) is 0 Å². The summed E-state index contributed by atoms with van der Waals surface area (Å²) in [5.74, 6) is -2.10. The third-order valence-corrected chi connectivity index (χ3v) is 3.72. The SMILES string of the molecule is CCC(C)C(=O)C(CC(C)C)(C(C)C)C(F)(F)F. The predicted octanol–water partition coefficient (Wildman–Crippen LogP) is 4.85. The van der Waals surface area contributed by atoms with Crippen molar-refractivity contribution in [2.75, 3.05) is 0 Å². The molecule has 0 saturated heterocycles. The summed E-state index contributed by atoms with van der Waals surface area (Å²) in [7, 11) is 0. The third-order valence-electron chi connectivity index (χ3n) is 3.72. The second kappa shape index (κ2) is 6.07. The van der Waals surface area contributed by atoms with E-state index in [0.29, 0.717) is 6.42 Å². The van der Waals surface area contributed by atoms with E-state index in [2.05, 4.69) is 0 Å². The Morgan fingerprint density at radius 1 is 1.06 bits per heavy atom. The lowest BCUT2D eigenvalue weighted by atomic mass is 9.65. The molecule has 0 aromatic rings. The maximum atomic E-state index is 13.5. The molecule has 4 heteroatoms. The van der Waals surface area contributed by atoms with Gasteiger partial charge in [0.1, 0.15) is 5.41 Å². The van der Waals surface area contributed by atoms with Crippen LogP contribution in [0.15, 0.2) is 0 Å². The number of hydrogen-bond acceptors (Lipinski definition) is 1. The van der Waals surface area contributed by atoms with Crippen LogP contribution in [-0.4, -0.2) is 12.0 Å². The van der Waals surface area contributed by atoms with Gasteiger partial charge in [0.05, 0.1) is 0 Å². The van der Waals surface area contributed by atoms with Gasteiger partial charge in [-0.3, -0.25) is 4.79 Å². The number of rotatable bonds is 6. The van der Waals surface area contributed by atoms with E-state index in [0.717, 1.165) is 0 Å². The van der Waals surface area contributed by atoms with E-state index in [4.69, 9.17) is 0 Å². The fourth-order valence-electron chi connectivity index (χ4n) is 2.47. The van der Waals surface area contributed by atoms with Crippen molar-refractivity contribution < 1.29 is 18.0 Å². The average molecular weight is 266 g/mol. The van der Waals surface area contributed by atoms with E-state index in [1.807, 2.05) is 0 Å². The fraction of sp³-hybridized carbons (Fsp3) is 0.929. The topological polar surface area (TPSA) is 17.1 Å². The number of alkyl halides is 3. The third kappa shape index (κ3) is 3.27. The van der Waals surface area contributed by atoms with Crippen molar-refractivity contribution in [3.8, 4) is 0 Å². The van der Waals surface area contributed by atoms with E-state index in [-0.39, 0.29) is 12.3 Å². The molecule has 0 heterocycles. The molecule has 2 unspecified atom stereocenters. The first-order chi connectivity index (χ1) is 8.00. The molecule has 0 aliphatic rings. The number of carbonyl (C=O) groups excluding carboxylic acids is 1. The van der Waals surface area contributed by atoms with Gasteiger partial charge < -0.3 is 0 Å². The largest absolute Gasteiger partial charge is 0.401 e. The summed E-state index contributed by atoms with van der Waals surface area (Å²) in [6.07, 6.45) is -4.16. The number of hydrogen-bond donors (Lipinski definition) is 0. The van der Waals surface area contributed by atoms with Crippen molar-refractivity contribution in [2.45, 2.75) is 60.6 Å². The molecule has 0 amide bonds. The minimum atomic E-state index is -4.48. The summed E-state index contributed by atoms with van der Waals surface area (Å²) in [4.78, 5) is 12.3. The van der Waals surface area contributed by atoms with Gasteiger partial charge in [-0.15, -0.1) is 0 Å². The molecular weight excluding hydrogens is 241 g/mol. The van der Waals surface area contributed by atoms with E-state index in [1.165, 1.54) is 13.8 Å². The van der Waals surface area contributed by atoms with Gasteiger partial charge >= 0.3 is 6.18 Å². The minimum Gasteiger partial charge on any atom is -0.298 e. The van der Waals surface area contributed by atoms with Crippen LogP contribution in [0.2, 0.25) is 0 Å². The molecule has 108 valence electrons. The summed E-state index contributed by atoms with van der Waals surface area (Å²) in [5.41, 5.74) is -2.20.